The number of benzene rings is 2. The van der Waals surface area contributed by atoms with Crippen LogP contribution in [0, 0.1) is 17.8 Å². The highest BCUT2D eigenvalue weighted by Gasteiger charge is 2.37. The van der Waals surface area contributed by atoms with Crippen LogP contribution in [0.1, 0.15) is 45.6 Å². The Morgan fingerprint density at radius 1 is 1.00 bits per heavy atom. The molecule has 2 aromatic rings. The summed E-state index contributed by atoms with van der Waals surface area (Å²) in [6, 6.07) is 19.9. The summed E-state index contributed by atoms with van der Waals surface area (Å²) in [5.41, 5.74) is 1.07. The SMILES string of the molecule is CC1CCC(C(C)C)C(OP(=O)(Cc2ccccc2)c2ccccc2)C1. The van der Waals surface area contributed by atoms with E-state index < -0.39 is 7.37 Å². The van der Waals surface area contributed by atoms with Gasteiger partial charge in [0, 0.05) is 5.30 Å². The summed E-state index contributed by atoms with van der Waals surface area (Å²) < 4.78 is 20.7. The third kappa shape index (κ3) is 4.67. The van der Waals surface area contributed by atoms with Crippen molar-refractivity contribution in [3.63, 3.8) is 0 Å². The molecule has 0 saturated heterocycles. The Labute approximate surface area is 158 Å². The Morgan fingerprint density at radius 3 is 2.23 bits per heavy atom. The zero-order valence-corrected chi connectivity index (χ0v) is 17.1. The van der Waals surface area contributed by atoms with Crippen molar-refractivity contribution < 1.29 is 9.09 Å². The lowest BCUT2D eigenvalue weighted by molar-refractivity contribution is 0.0496. The van der Waals surface area contributed by atoms with Crippen molar-refractivity contribution in [2.45, 2.75) is 52.3 Å². The summed E-state index contributed by atoms with van der Waals surface area (Å²) in [4.78, 5) is 0. The molecule has 0 N–H and O–H groups in total. The van der Waals surface area contributed by atoms with Crippen LogP contribution in [0.25, 0.3) is 0 Å². The van der Waals surface area contributed by atoms with Gasteiger partial charge in [0.2, 0.25) is 7.37 Å². The summed E-state index contributed by atoms with van der Waals surface area (Å²) in [7, 11) is -2.97. The topological polar surface area (TPSA) is 26.3 Å². The zero-order valence-electron chi connectivity index (χ0n) is 16.2. The third-order valence-electron chi connectivity index (χ3n) is 5.65. The monoisotopic (exact) mass is 370 g/mol. The highest BCUT2D eigenvalue weighted by atomic mass is 31.2. The molecule has 4 atom stereocenters. The minimum Gasteiger partial charge on any atom is -0.321 e. The Kier molecular flexibility index (Phi) is 6.37. The standard InChI is InChI=1S/C23H31O2P/c1-18(2)22-15-14-19(3)16-23(22)25-26(24,21-12-8-5-9-13-21)17-20-10-6-4-7-11-20/h4-13,18-19,22-23H,14-17H2,1-3H3. The molecule has 1 fully saturated rings. The van der Waals surface area contributed by atoms with Crippen molar-refractivity contribution in [2.75, 3.05) is 0 Å². The molecule has 2 nitrogen and oxygen atoms in total. The predicted octanol–water partition coefficient (Wildman–Crippen LogP) is 6.27. The molecule has 26 heavy (non-hydrogen) atoms. The third-order valence-corrected chi connectivity index (χ3v) is 8.13. The Hall–Kier alpha value is -1.37. The first-order valence-electron chi connectivity index (χ1n) is 9.85. The summed E-state index contributed by atoms with van der Waals surface area (Å²) >= 11 is 0. The van der Waals surface area contributed by atoms with E-state index >= 15 is 0 Å². The average molecular weight is 370 g/mol. The van der Waals surface area contributed by atoms with Crippen LogP contribution in [0.3, 0.4) is 0 Å². The minimum absolute atomic E-state index is 0.0773. The average Bonchev–Trinajstić information content (AvgIpc) is 2.63. The van der Waals surface area contributed by atoms with Gasteiger partial charge in [-0.2, -0.15) is 0 Å². The van der Waals surface area contributed by atoms with Crippen molar-refractivity contribution in [3.8, 4) is 0 Å². The van der Waals surface area contributed by atoms with Gasteiger partial charge in [-0.3, -0.25) is 4.57 Å². The van der Waals surface area contributed by atoms with Crippen molar-refractivity contribution >= 4 is 12.7 Å². The Morgan fingerprint density at radius 2 is 1.62 bits per heavy atom. The van der Waals surface area contributed by atoms with E-state index in [1.165, 1.54) is 12.8 Å². The maximum absolute atomic E-state index is 14.1. The first-order chi connectivity index (χ1) is 12.5. The van der Waals surface area contributed by atoms with Crippen LogP contribution in [0.15, 0.2) is 60.7 Å². The van der Waals surface area contributed by atoms with Gasteiger partial charge < -0.3 is 4.52 Å². The first kappa shape index (κ1) is 19.4. The highest BCUT2D eigenvalue weighted by molar-refractivity contribution is 7.66. The smallest absolute Gasteiger partial charge is 0.236 e. The van der Waals surface area contributed by atoms with E-state index in [0.29, 0.717) is 23.9 Å². The molecule has 2 aromatic carbocycles. The van der Waals surface area contributed by atoms with Crippen molar-refractivity contribution in [1.29, 1.82) is 0 Å². The summed E-state index contributed by atoms with van der Waals surface area (Å²) in [6.07, 6.45) is 3.97. The fourth-order valence-electron chi connectivity index (χ4n) is 4.12. The van der Waals surface area contributed by atoms with Gasteiger partial charge in [-0.15, -0.1) is 0 Å². The highest BCUT2D eigenvalue weighted by Crippen LogP contribution is 2.53. The van der Waals surface area contributed by atoms with Gasteiger partial charge in [0.1, 0.15) is 0 Å². The molecule has 1 saturated carbocycles. The van der Waals surface area contributed by atoms with E-state index in [0.717, 1.165) is 17.3 Å². The summed E-state index contributed by atoms with van der Waals surface area (Å²) in [5.74, 6) is 1.67. The number of hydrogen-bond donors (Lipinski definition) is 0. The lowest BCUT2D eigenvalue weighted by Crippen LogP contribution is -2.34. The van der Waals surface area contributed by atoms with Gasteiger partial charge in [-0.05, 0) is 48.3 Å². The fraction of sp³-hybridized carbons (Fsp3) is 0.478. The van der Waals surface area contributed by atoms with Crippen molar-refractivity contribution in [2.24, 2.45) is 17.8 Å². The van der Waals surface area contributed by atoms with Crippen LogP contribution in [-0.2, 0) is 15.3 Å². The second-order valence-corrected chi connectivity index (χ2v) is 10.5. The molecule has 140 valence electrons. The first-order valence-corrected chi connectivity index (χ1v) is 11.7. The molecule has 3 heteroatoms. The van der Waals surface area contributed by atoms with Crippen molar-refractivity contribution in [1.82, 2.24) is 0 Å². The van der Waals surface area contributed by atoms with Gasteiger partial charge in [-0.25, -0.2) is 0 Å². The van der Waals surface area contributed by atoms with Crippen LogP contribution in [0.4, 0.5) is 0 Å². The van der Waals surface area contributed by atoms with E-state index in [9.17, 15) is 4.57 Å². The molecular formula is C23H31O2P. The van der Waals surface area contributed by atoms with Crippen molar-refractivity contribution in [3.05, 3.63) is 66.2 Å². The molecule has 0 aromatic heterocycles. The van der Waals surface area contributed by atoms with Gasteiger partial charge in [0.15, 0.2) is 0 Å². The summed E-state index contributed by atoms with van der Waals surface area (Å²) in [5, 5.41) is 0.838. The van der Waals surface area contributed by atoms with E-state index in [1.807, 2.05) is 60.7 Å². The van der Waals surface area contributed by atoms with E-state index in [2.05, 4.69) is 20.8 Å². The molecule has 0 aliphatic heterocycles. The molecule has 4 unspecified atom stereocenters. The minimum atomic E-state index is -2.97. The zero-order chi connectivity index (χ0) is 18.6. The quantitative estimate of drug-likeness (QED) is 0.560. The molecule has 0 spiro atoms. The lowest BCUT2D eigenvalue weighted by Gasteiger charge is -2.39. The maximum Gasteiger partial charge on any atom is 0.236 e. The molecule has 0 heterocycles. The van der Waals surface area contributed by atoms with Crippen LogP contribution in [-0.4, -0.2) is 6.10 Å². The molecule has 0 bridgehead atoms. The maximum atomic E-state index is 14.1. The Bertz CT molecular complexity index is 726. The fourth-order valence-corrected chi connectivity index (χ4v) is 6.50. The van der Waals surface area contributed by atoms with Crippen LogP contribution < -0.4 is 5.30 Å². The Balaban J connectivity index is 1.91. The van der Waals surface area contributed by atoms with Crippen LogP contribution in [0.5, 0.6) is 0 Å². The van der Waals surface area contributed by atoms with Gasteiger partial charge in [0.25, 0.3) is 0 Å². The normalized spacial score (nSPS) is 25.8. The lowest BCUT2D eigenvalue weighted by atomic mass is 9.75. The van der Waals surface area contributed by atoms with Gasteiger partial charge in [-0.1, -0.05) is 75.7 Å². The van der Waals surface area contributed by atoms with Gasteiger partial charge in [0.05, 0.1) is 12.3 Å². The summed E-state index contributed by atoms with van der Waals surface area (Å²) in [6.45, 7) is 6.82. The molecule has 0 radical (unpaired) electrons. The molecule has 1 aliphatic rings. The van der Waals surface area contributed by atoms with E-state index in [-0.39, 0.29) is 6.10 Å². The molecule has 3 rings (SSSR count). The predicted molar refractivity (Wildman–Crippen MR) is 110 cm³/mol. The second-order valence-electron chi connectivity index (χ2n) is 8.12. The van der Waals surface area contributed by atoms with E-state index in [1.54, 1.807) is 0 Å². The molecule has 0 amide bonds. The van der Waals surface area contributed by atoms with E-state index in [4.69, 9.17) is 4.52 Å². The number of rotatable bonds is 6. The second kappa shape index (κ2) is 8.55. The molecular weight excluding hydrogens is 339 g/mol. The van der Waals surface area contributed by atoms with Gasteiger partial charge >= 0.3 is 0 Å². The molecule has 1 aliphatic carbocycles. The largest absolute Gasteiger partial charge is 0.321 e. The van der Waals surface area contributed by atoms with Crippen LogP contribution in [0.2, 0.25) is 0 Å². The number of hydrogen-bond acceptors (Lipinski definition) is 2. The van der Waals surface area contributed by atoms with Crippen LogP contribution >= 0.6 is 7.37 Å².